The van der Waals surface area contributed by atoms with Gasteiger partial charge in [-0.15, -0.1) is 0 Å². The summed E-state index contributed by atoms with van der Waals surface area (Å²) in [6, 6.07) is 5.61. The van der Waals surface area contributed by atoms with Crippen LogP contribution in [0.5, 0.6) is 0 Å². The quantitative estimate of drug-likeness (QED) is 0.726. The largest absolute Gasteiger partial charge is 0.441 e. The first-order chi connectivity index (χ1) is 11.7. The molecule has 120 valence electrons. The first kappa shape index (κ1) is 14.6. The van der Waals surface area contributed by atoms with Crippen LogP contribution < -0.4 is 0 Å². The van der Waals surface area contributed by atoms with Gasteiger partial charge >= 0.3 is 0 Å². The highest BCUT2D eigenvalue weighted by Crippen LogP contribution is 2.26. The number of aromatic nitrogens is 3. The van der Waals surface area contributed by atoms with Crippen molar-refractivity contribution in [2.24, 2.45) is 0 Å². The van der Waals surface area contributed by atoms with E-state index in [2.05, 4.69) is 15.0 Å². The Morgan fingerprint density at radius 2 is 2.17 bits per heavy atom. The smallest absolute Gasteiger partial charge is 0.255 e. The number of hydrogen-bond donors (Lipinski definition) is 0. The van der Waals surface area contributed by atoms with Gasteiger partial charge in [0.2, 0.25) is 5.89 Å². The van der Waals surface area contributed by atoms with Crippen LogP contribution in [0.15, 0.2) is 47.4 Å². The minimum absolute atomic E-state index is 0.0252. The van der Waals surface area contributed by atoms with Crippen LogP contribution in [-0.4, -0.2) is 32.3 Å². The lowest BCUT2D eigenvalue weighted by molar-refractivity contribution is 0.0727. The molecule has 1 amide bonds. The van der Waals surface area contributed by atoms with Crippen molar-refractivity contribution in [3.05, 3.63) is 65.6 Å². The highest BCUT2D eigenvalue weighted by Gasteiger charge is 2.26. The second-order valence-corrected chi connectivity index (χ2v) is 5.86. The van der Waals surface area contributed by atoms with Crippen molar-refractivity contribution in [1.29, 1.82) is 0 Å². The maximum atomic E-state index is 12.7. The van der Waals surface area contributed by atoms with E-state index in [0.717, 1.165) is 22.6 Å². The van der Waals surface area contributed by atoms with Gasteiger partial charge in [-0.25, -0.2) is 4.98 Å². The van der Waals surface area contributed by atoms with Crippen molar-refractivity contribution in [3.8, 4) is 11.5 Å². The molecule has 3 aromatic rings. The van der Waals surface area contributed by atoms with Gasteiger partial charge < -0.3 is 9.32 Å². The van der Waals surface area contributed by atoms with Crippen LogP contribution in [0.2, 0.25) is 0 Å². The fraction of sp³-hybridized carbons (Fsp3) is 0.222. The summed E-state index contributed by atoms with van der Waals surface area (Å²) in [5.74, 6) is 1.38. The van der Waals surface area contributed by atoms with Gasteiger partial charge in [0.1, 0.15) is 11.5 Å². The summed E-state index contributed by atoms with van der Waals surface area (Å²) < 4.78 is 5.84. The third-order valence-electron chi connectivity index (χ3n) is 4.05. The summed E-state index contributed by atoms with van der Waals surface area (Å²) in [7, 11) is 0. The Kier molecular flexibility index (Phi) is 3.57. The van der Waals surface area contributed by atoms with Crippen LogP contribution in [0.25, 0.3) is 11.5 Å². The lowest BCUT2D eigenvalue weighted by Crippen LogP contribution is -2.35. The molecule has 0 unspecified atom stereocenters. The molecule has 0 saturated carbocycles. The van der Waals surface area contributed by atoms with Crippen LogP contribution in [0.1, 0.15) is 27.4 Å². The first-order valence-electron chi connectivity index (χ1n) is 7.80. The average Bonchev–Trinajstić information content (AvgIpc) is 3.05. The molecule has 0 aliphatic carbocycles. The third kappa shape index (κ3) is 2.67. The number of hydrogen-bond acceptors (Lipinski definition) is 5. The van der Waals surface area contributed by atoms with Gasteiger partial charge in [-0.05, 0) is 30.7 Å². The Labute approximate surface area is 139 Å². The topological polar surface area (TPSA) is 72.1 Å². The molecule has 24 heavy (non-hydrogen) atoms. The zero-order valence-corrected chi connectivity index (χ0v) is 13.3. The normalized spacial score (nSPS) is 13.6. The number of nitrogens with zero attached hydrogens (tertiary/aromatic N) is 4. The monoisotopic (exact) mass is 320 g/mol. The number of carbonyl (C=O) groups excluding carboxylic acids is 1. The fourth-order valence-corrected chi connectivity index (χ4v) is 2.84. The summed E-state index contributed by atoms with van der Waals surface area (Å²) in [6.07, 6.45) is 7.44. The summed E-state index contributed by atoms with van der Waals surface area (Å²) in [5, 5.41) is 0. The first-order valence-corrected chi connectivity index (χ1v) is 7.80. The number of amides is 1. The van der Waals surface area contributed by atoms with Crippen LogP contribution in [0.4, 0.5) is 0 Å². The van der Waals surface area contributed by atoms with Gasteiger partial charge in [0.15, 0.2) is 0 Å². The molecule has 0 radical (unpaired) electrons. The second-order valence-electron chi connectivity index (χ2n) is 5.86. The van der Waals surface area contributed by atoms with Crippen molar-refractivity contribution in [2.45, 2.75) is 19.9 Å². The summed E-state index contributed by atoms with van der Waals surface area (Å²) in [5.41, 5.74) is 3.23. The molecule has 0 atom stereocenters. The molecule has 0 aromatic carbocycles. The Morgan fingerprint density at radius 3 is 2.96 bits per heavy atom. The van der Waals surface area contributed by atoms with Crippen LogP contribution in [0.3, 0.4) is 0 Å². The van der Waals surface area contributed by atoms with E-state index >= 15 is 0 Å². The molecule has 6 nitrogen and oxygen atoms in total. The second kappa shape index (κ2) is 5.88. The molecule has 0 saturated heterocycles. The highest BCUT2D eigenvalue weighted by molar-refractivity contribution is 5.94. The van der Waals surface area contributed by atoms with Gasteiger partial charge in [0.25, 0.3) is 5.91 Å². The molecule has 6 heteroatoms. The van der Waals surface area contributed by atoms with Crippen LogP contribution in [-0.2, 0) is 13.0 Å². The molecular weight excluding hydrogens is 304 g/mol. The molecular formula is C18H16N4O2. The van der Waals surface area contributed by atoms with Gasteiger partial charge in [-0.3, -0.25) is 14.8 Å². The molecule has 4 rings (SSSR count). The fourth-order valence-electron chi connectivity index (χ4n) is 2.84. The number of aryl methyl sites for hydroxylation is 1. The molecule has 4 heterocycles. The number of fused-ring (bicyclic) bond motifs is 1. The number of carbonyl (C=O) groups is 1. The molecule has 0 N–H and O–H groups in total. The average molecular weight is 320 g/mol. The van der Waals surface area contributed by atoms with Crippen LogP contribution >= 0.6 is 0 Å². The van der Waals surface area contributed by atoms with Crippen LogP contribution in [0, 0.1) is 6.92 Å². The standard InChI is InChI=1S/C18H16N4O2/c1-12-7-14(10-20-8-12)18(23)22-6-4-16-15(11-22)21-17(24-16)13-3-2-5-19-9-13/h2-3,5,7-10H,4,6,11H2,1H3. The molecule has 0 bridgehead atoms. The van der Waals surface area contributed by atoms with E-state index in [1.807, 2.05) is 25.1 Å². The third-order valence-corrected chi connectivity index (χ3v) is 4.05. The zero-order chi connectivity index (χ0) is 16.5. The minimum Gasteiger partial charge on any atom is -0.441 e. The van der Waals surface area contributed by atoms with Gasteiger partial charge in [-0.1, -0.05) is 0 Å². The van der Waals surface area contributed by atoms with Crippen molar-refractivity contribution in [2.75, 3.05) is 6.54 Å². The van der Waals surface area contributed by atoms with Gasteiger partial charge in [0, 0.05) is 37.8 Å². The predicted octanol–water partition coefficient (Wildman–Crippen LogP) is 2.64. The number of pyridine rings is 2. The molecule has 0 fully saturated rings. The SMILES string of the molecule is Cc1cncc(C(=O)N2CCc3oc(-c4cccnc4)nc3C2)c1. The number of rotatable bonds is 2. The van der Waals surface area contributed by atoms with E-state index in [1.165, 1.54) is 0 Å². The van der Waals surface area contributed by atoms with Gasteiger partial charge in [-0.2, -0.15) is 0 Å². The van der Waals surface area contributed by atoms with E-state index in [0.29, 0.717) is 31.0 Å². The predicted molar refractivity (Wildman–Crippen MR) is 87.2 cm³/mol. The molecule has 3 aromatic heterocycles. The van der Waals surface area contributed by atoms with Crippen molar-refractivity contribution in [1.82, 2.24) is 19.9 Å². The summed E-state index contributed by atoms with van der Waals surface area (Å²) in [4.78, 5) is 27.2. The van der Waals surface area contributed by atoms with Crippen molar-refractivity contribution in [3.63, 3.8) is 0 Å². The van der Waals surface area contributed by atoms with Crippen molar-refractivity contribution < 1.29 is 9.21 Å². The Balaban J connectivity index is 1.58. The maximum Gasteiger partial charge on any atom is 0.255 e. The summed E-state index contributed by atoms with van der Waals surface area (Å²) in [6.45, 7) is 2.99. The zero-order valence-electron chi connectivity index (χ0n) is 13.3. The highest BCUT2D eigenvalue weighted by atomic mass is 16.4. The Hall–Kier alpha value is -3.02. The summed E-state index contributed by atoms with van der Waals surface area (Å²) >= 11 is 0. The number of oxazole rings is 1. The molecule has 1 aliphatic rings. The molecule has 0 spiro atoms. The maximum absolute atomic E-state index is 12.7. The van der Waals surface area contributed by atoms with Gasteiger partial charge in [0.05, 0.1) is 17.7 Å². The van der Waals surface area contributed by atoms with E-state index in [-0.39, 0.29) is 5.91 Å². The van der Waals surface area contributed by atoms with E-state index in [1.54, 1.807) is 29.7 Å². The minimum atomic E-state index is -0.0252. The Morgan fingerprint density at radius 1 is 1.25 bits per heavy atom. The van der Waals surface area contributed by atoms with E-state index < -0.39 is 0 Å². The Bertz CT molecular complexity index is 889. The molecule has 1 aliphatic heterocycles. The van der Waals surface area contributed by atoms with Crippen molar-refractivity contribution >= 4 is 5.91 Å². The lowest BCUT2D eigenvalue weighted by atomic mass is 10.1. The van der Waals surface area contributed by atoms with E-state index in [9.17, 15) is 4.79 Å². The van der Waals surface area contributed by atoms with E-state index in [4.69, 9.17) is 4.42 Å². The lowest BCUT2D eigenvalue weighted by Gasteiger charge is -2.25.